The average molecular weight is 1860 g/mol. The lowest BCUT2D eigenvalue weighted by Gasteiger charge is -2.27. The number of fused-ring (bicyclic) bond motifs is 3. The Bertz CT molecular complexity index is 6570. The van der Waals surface area contributed by atoms with Crippen LogP contribution in [0.15, 0.2) is 197 Å². The van der Waals surface area contributed by atoms with Crippen molar-refractivity contribution in [1.82, 2.24) is 50.3 Å². The maximum Gasteiger partial charge on any atom is 0.419 e. The highest BCUT2D eigenvalue weighted by Gasteiger charge is 2.36. The zero-order valence-corrected chi connectivity index (χ0v) is 76.5. The van der Waals surface area contributed by atoms with Gasteiger partial charge >= 0.3 is 12.2 Å². The van der Waals surface area contributed by atoms with Crippen LogP contribution in [-0.2, 0) is 73.2 Å². The number of anilines is 5. The van der Waals surface area contributed by atoms with E-state index in [1.807, 2.05) is 48.0 Å². The second-order valence-corrected chi connectivity index (χ2v) is 38.7. The molecule has 2 fully saturated rings. The first-order valence-electron chi connectivity index (χ1n) is 41.3. The van der Waals surface area contributed by atoms with Crippen LogP contribution in [0.25, 0.3) is 65.3 Å². The number of aliphatic hydroxyl groups is 1. The zero-order chi connectivity index (χ0) is 92.8. The summed E-state index contributed by atoms with van der Waals surface area (Å²) in [4.78, 5) is 76.9. The molecule has 0 radical (unpaired) electrons. The van der Waals surface area contributed by atoms with Gasteiger partial charge in [-0.05, 0) is 169 Å². The smallest absolute Gasteiger partial charge is 0.419 e. The summed E-state index contributed by atoms with van der Waals surface area (Å²) in [6.07, 6.45) is 3.51. The number of sulfonamides is 1. The number of nitrogens with two attached hydrogens (primary N) is 2. The number of ketones is 1. The molecular formula is C93H99ClF4N16O11S4. The van der Waals surface area contributed by atoms with Gasteiger partial charge in [-0.3, -0.25) is 18.7 Å². The highest BCUT2D eigenvalue weighted by Crippen LogP contribution is 2.40. The third kappa shape index (κ3) is 24.8. The van der Waals surface area contributed by atoms with Gasteiger partial charge in [-0.1, -0.05) is 126 Å². The third-order valence-corrected chi connectivity index (χ3v) is 26.8. The highest BCUT2D eigenvalue weighted by atomic mass is 35.5. The molecule has 9 N–H and O–H groups in total. The number of aliphatic hydroxyl groups excluding tert-OH is 1. The van der Waals surface area contributed by atoms with Gasteiger partial charge in [-0.15, -0.1) is 22.7 Å². The summed E-state index contributed by atoms with van der Waals surface area (Å²) in [5.41, 5.74) is 24.5. The molecule has 27 nitrogen and oxygen atoms in total. The number of hydrogen-bond acceptors (Lipinski definition) is 24. The Hall–Kier alpha value is -12.2. The fourth-order valence-electron chi connectivity index (χ4n) is 14.4. The lowest BCUT2D eigenvalue weighted by molar-refractivity contribution is -0.138. The van der Waals surface area contributed by atoms with E-state index < -0.39 is 37.6 Å². The fraction of sp³-hybridized carbons (Fsp3) is 0.301. The molecule has 0 saturated carbocycles. The lowest BCUT2D eigenvalue weighted by Crippen LogP contribution is -2.45. The standard InChI is InChI=1S/C24H24F3N5O2S.C20H19NO3.C17H19FN4O2S.C16H18ClNO4S2.C16H19N5/c1-15-11-18-12-16(6-8-20(18)30-15)13-22-29-14-19(24(25,26)27)21(31-22)9-7-17-5-4-10-28-23(17)32(2)35(3,33)34;1-14-5-7-15(8-6-14)16-3-2-4-17-18(22)13-19(24-20(16)17)21-9-11-23-12-10-21;18-11-4-1-3-10(7-11)14-8-13(22-17(19)24)15(25-14)16(23)21-12-5-2-6-20-9-12;1-10(20)8-15-18-11(2)16(23-15)12-4-5-13(17)14(9-12)24(21,22)7-3-6-19;1-10-5-7-11(8-6-10)13-12-14(17)18-9-19-15(12)21(20-13)16(2,3)4/h4-6,8,10,12,14,30H,1,7,9,11,13H2,2-3H3;2-8,13H,9-12H2,1H3;1,3-4,7-8,12,20H,2,5-6,9H2,(H,21,23)(H3,19,22,24);4-5,9,19H,3,6-8H2,1-2H3;5-9H,1-4H3,(H2,17,18,19)/t;;12-;;/m..0../s1. The molecule has 36 heteroatoms. The summed E-state index contributed by atoms with van der Waals surface area (Å²) in [5, 5.41) is 27.8. The molecule has 0 bridgehead atoms. The molecule has 7 aromatic heterocycles. The van der Waals surface area contributed by atoms with E-state index in [0.29, 0.717) is 86.0 Å². The number of sulfone groups is 1. The molecule has 1 atom stereocenters. The number of carbonyl (C=O) groups excluding carboxylic acids is 3. The number of benzene rings is 6. The van der Waals surface area contributed by atoms with Crippen molar-refractivity contribution in [1.29, 1.82) is 0 Å². The predicted molar refractivity (Wildman–Crippen MR) is 500 cm³/mol. The number of allylic oxidation sites excluding steroid dienone is 1. The van der Waals surface area contributed by atoms with Gasteiger partial charge in [-0.25, -0.2) is 60.6 Å². The van der Waals surface area contributed by atoms with Crippen LogP contribution in [0.3, 0.4) is 0 Å². The Morgan fingerprint density at radius 1 is 0.822 bits per heavy atom. The number of thiazole rings is 1. The first-order chi connectivity index (χ1) is 61.3. The summed E-state index contributed by atoms with van der Waals surface area (Å²) in [6.45, 7) is 21.9. The van der Waals surface area contributed by atoms with Crippen molar-refractivity contribution in [2.45, 2.75) is 122 Å². The van der Waals surface area contributed by atoms with Crippen molar-refractivity contribution in [3.8, 4) is 43.3 Å². The molecule has 10 heterocycles. The summed E-state index contributed by atoms with van der Waals surface area (Å²) >= 11 is 8.63. The van der Waals surface area contributed by atoms with Gasteiger partial charge in [0.15, 0.2) is 26.8 Å². The normalized spacial score (nSPS) is 13.9. The van der Waals surface area contributed by atoms with Gasteiger partial charge in [0.2, 0.25) is 10.0 Å². The van der Waals surface area contributed by atoms with Crippen molar-refractivity contribution in [2.75, 3.05) is 90.6 Å². The minimum atomic E-state index is -4.62. The maximum atomic E-state index is 13.7. The largest absolute Gasteiger partial charge is 0.440 e. The molecule has 3 aliphatic rings. The molecule has 3 aliphatic heterocycles. The lowest BCUT2D eigenvalue weighted by atomic mass is 10.0. The quantitative estimate of drug-likeness (QED) is 0.0329. The van der Waals surface area contributed by atoms with Gasteiger partial charge < -0.3 is 51.9 Å². The fourth-order valence-corrected chi connectivity index (χ4v) is 18.9. The molecule has 6 aromatic carbocycles. The molecule has 129 heavy (non-hydrogen) atoms. The Morgan fingerprint density at radius 2 is 1.53 bits per heavy atom. The summed E-state index contributed by atoms with van der Waals surface area (Å²) < 4.78 is 118. The number of urea groups is 1. The number of nitrogens with one attached hydrogen (secondary N) is 4. The molecular weight excluding hydrogens is 1760 g/mol. The number of Topliss-reactive ketones (excluding diaryl/α,β-unsaturated/α-hetero) is 1. The number of morpholine rings is 1. The average Bonchev–Trinajstić information content (AvgIpc) is 1.63. The molecule has 2 saturated heterocycles. The van der Waals surface area contributed by atoms with Gasteiger partial charge in [0, 0.05) is 98.0 Å². The van der Waals surface area contributed by atoms with E-state index in [0.717, 1.165) is 116 Å². The van der Waals surface area contributed by atoms with E-state index in [-0.39, 0.29) is 106 Å². The summed E-state index contributed by atoms with van der Waals surface area (Å²) in [5.74, 6) is 0.757. The number of ether oxygens (including phenoxy) is 1. The van der Waals surface area contributed by atoms with E-state index >= 15 is 0 Å². The van der Waals surface area contributed by atoms with Crippen LogP contribution >= 0.6 is 34.3 Å². The Morgan fingerprint density at radius 3 is 2.20 bits per heavy atom. The molecule has 0 spiro atoms. The van der Waals surface area contributed by atoms with Crippen LogP contribution in [0.5, 0.6) is 0 Å². The number of hydrogen-bond donors (Lipinski definition) is 7. The number of halogens is 5. The van der Waals surface area contributed by atoms with E-state index in [1.54, 1.807) is 48.5 Å². The molecule has 0 unspecified atom stereocenters. The number of aromatic nitrogens is 8. The number of thiophene rings is 1. The van der Waals surface area contributed by atoms with E-state index in [1.165, 1.54) is 78.5 Å². The summed E-state index contributed by atoms with van der Waals surface area (Å²) in [6, 6.07) is 44.7. The number of amides is 3. The van der Waals surface area contributed by atoms with Crippen LogP contribution in [0, 0.1) is 26.6 Å². The SMILES string of the molecule is C=C1Cc2cc(Cc3ncc(C(F)(F)F)c(CCc4cccnc4N(C)S(C)(=O)=O)n3)ccc2N1.CC(=O)Cc1nc(C)c(-c2ccc(Cl)c(S(=O)(=O)CCCO)c2)s1.Cc1ccc(-c2cccc3c(=O)cc(N4CCOCC4)oc23)cc1.Cc1ccc(-c2nn(C(C)(C)C)c3ncnc(N)c23)cc1.NC(=O)Nc1cc(-c2cccc(F)c2)sc1C(=O)N[C@H]1CCCNC1. The number of alkyl halides is 3. The number of pyridine rings is 1. The van der Waals surface area contributed by atoms with Crippen LogP contribution in [0.2, 0.25) is 5.02 Å². The van der Waals surface area contributed by atoms with Crippen molar-refractivity contribution in [3.63, 3.8) is 0 Å². The van der Waals surface area contributed by atoms with Crippen LogP contribution in [0.1, 0.15) is 112 Å². The first-order valence-corrected chi connectivity index (χ1v) is 46.8. The first kappa shape index (κ1) is 95.9. The third-order valence-electron chi connectivity index (χ3n) is 20.9. The van der Waals surface area contributed by atoms with Crippen molar-refractivity contribution in [3.05, 3.63) is 264 Å². The maximum absolute atomic E-state index is 13.7. The van der Waals surface area contributed by atoms with Gasteiger partial charge in [0.1, 0.15) is 56.5 Å². The van der Waals surface area contributed by atoms with Crippen LogP contribution in [0.4, 0.5) is 51.3 Å². The van der Waals surface area contributed by atoms with Gasteiger partial charge in [0.05, 0.1) is 85.4 Å². The molecule has 13 aromatic rings. The topological polar surface area (TPSA) is 381 Å². The number of rotatable bonds is 21. The van der Waals surface area contributed by atoms with Gasteiger partial charge in [-0.2, -0.15) is 18.3 Å². The van der Waals surface area contributed by atoms with Crippen LogP contribution < -0.4 is 47.4 Å². The minimum Gasteiger partial charge on any atom is -0.440 e. The second kappa shape index (κ2) is 41.9. The van der Waals surface area contributed by atoms with Gasteiger partial charge in [0.25, 0.3) is 5.91 Å². The Balaban J connectivity index is 0.000000148. The molecule has 3 amide bonds. The number of para-hydroxylation sites is 1. The van der Waals surface area contributed by atoms with Crippen molar-refractivity contribution >= 4 is 123 Å². The van der Waals surface area contributed by atoms with Crippen molar-refractivity contribution in [2.24, 2.45) is 5.73 Å². The highest BCUT2D eigenvalue weighted by molar-refractivity contribution is 7.92. The number of nitrogens with zero attached hydrogens (tertiary/aromatic N) is 10. The number of primary amides is 1. The second-order valence-electron chi connectivity index (χ2n) is 32.1. The minimum absolute atomic E-state index is 0.00768. The van der Waals surface area contributed by atoms with E-state index in [4.69, 9.17) is 42.4 Å². The molecule has 0 aliphatic carbocycles. The zero-order valence-electron chi connectivity index (χ0n) is 72.4. The number of aryl methyl sites for hydroxylation is 5. The number of carbonyl (C=O) groups is 3. The Kier molecular flexibility index (Phi) is 31.1. The molecule has 676 valence electrons. The predicted octanol–water partition coefficient (Wildman–Crippen LogP) is 16.5. The van der Waals surface area contributed by atoms with Crippen molar-refractivity contribution < 1.29 is 63.0 Å². The number of piperidine rings is 1. The molecule has 16 rings (SSSR count). The summed E-state index contributed by atoms with van der Waals surface area (Å²) in [7, 11) is -5.80. The number of nitrogen functional groups attached to an aromatic ring is 1. The van der Waals surface area contributed by atoms with E-state index in [2.05, 4.69) is 146 Å². The van der Waals surface area contributed by atoms with Crippen LogP contribution in [-0.4, -0.2) is 150 Å². The van der Waals surface area contributed by atoms with E-state index in [9.17, 15) is 53.6 Å². The Labute approximate surface area is 757 Å². The monoisotopic (exact) mass is 1850 g/mol.